The number of hydrogen-bond acceptors (Lipinski definition) is 4. The van der Waals surface area contributed by atoms with E-state index in [0.29, 0.717) is 27.2 Å². The number of carbonyl (C=O) groups excluding carboxylic acids is 1. The molecule has 1 aliphatic rings. The number of aliphatic imine (C=N–C) groups is 1. The second-order valence-electron chi connectivity index (χ2n) is 9.30. The minimum atomic E-state index is -0.151. The number of phenolic OH excluding ortho intramolecular Hbond substituents is 1. The first-order chi connectivity index (χ1) is 15.2. The molecule has 1 atom stereocenters. The van der Waals surface area contributed by atoms with Gasteiger partial charge >= 0.3 is 0 Å². The number of thiophene rings is 1. The van der Waals surface area contributed by atoms with Crippen LogP contribution in [0, 0.1) is 11.3 Å². The molecule has 32 heavy (non-hydrogen) atoms. The van der Waals surface area contributed by atoms with Crippen LogP contribution in [0.2, 0.25) is 5.02 Å². The summed E-state index contributed by atoms with van der Waals surface area (Å²) in [5, 5.41) is 14.1. The van der Waals surface area contributed by atoms with Gasteiger partial charge in [-0.2, -0.15) is 0 Å². The van der Waals surface area contributed by atoms with Gasteiger partial charge in [-0.1, -0.05) is 44.5 Å². The van der Waals surface area contributed by atoms with Crippen molar-refractivity contribution in [3.8, 4) is 5.75 Å². The molecule has 0 saturated heterocycles. The number of halogens is 1. The van der Waals surface area contributed by atoms with E-state index in [1.807, 2.05) is 6.07 Å². The Morgan fingerprint density at radius 2 is 1.97 bits per heavy atom. The van der Waals surface area contributed by atoms with E-state index in [0.717, 1.165) is 30.4 Å². The van der Waals surface area contributed by atoms with E-state index in [2.05, 4.69) is 31.1 Å². The molecule has 0 fully saturated rings. The van der Waals surface area contributed by atoms with E-state index in [-0.39, 0.29) is 17.1 Å². The summed E-state index contributed by atoms with van der Waals surface area (Å²) in [4.78, 5) is 19.3. The van der Waals surface area contributed by atoms with Crippen LogP contribution in [0.3, 0.4) is 0 Å². The first kappa shape index (κ1) is 22.6. The fraction of sp³-hybridized carbons (Fsp3) is 0.308. The molecule has 4 rings (SSSR count). The minimum Gasteiger partial charge on any atom is -0.508 e. The largest absolute Gasteiger partial charge is 0.508 e. The Kier molecular flexibility index (Phi) is 6.40. The summed E-state index contributed by atoms with van der Waals surface area (Å²) in [7, 11) is 0. The molecule has 1 aromatic heterocycles. The highest BCUT2D eigenvalue weighted by molar-refractivity contribution is 7.16. The van der Waals surface area contributed by atoms with Gasteiger partial charge in [0.05, 0.1) is 5.56 Å². The van der Waals surface area contributed by atoms with Gasteiger partial charge in [0.1, 0.15) is 10.8 Å². The first-order valence-corrected chi connectivity index (χ1v) is 11.9. The topological polar surface area (TPSA) is 61.7 Å². The summed E-state index contributed by atoms with van der Waals surface area (Å²) in [5.41, 5.74) is 3.48. The van der Waals surface area contributed by atoms with Crippen LogP contribution in [0.1, 0.15) is 53.6 Å². The molecule has 2 aromatic carbocycles. The summed E-state index contributed by atoms with van der Waals surface area (Å²) in [6.07, 6.45) is 4.60. The smallest absolute Gasteiger partial charge is 0.259 e. The number of nitrogens with one attached hydrogen (secondary N) is 1. The van der Waals surface area contributed by atoms with Crippen LogP contribution < -0.4 is 5.32 Å². The number of hydrogen-bond donors (Lipinski definition) is 2. The average molecular weight is 467 g/mol. The van der Waals surface area contributed by atoms with Gasteiger partial charge in [0.2, 0.25) is 0 Å². The van der Waals surface area contributed by atoms with E-state index in [1.165, 1.54) is 4.88 Å². The summed E-state index contributed by atoms with van der Waals surface area (Å²) in [6.45, 7) is 6.85. The van der Waals surface area contributed by atoms with E-state index in [4.69, 9.17) is 11.6 Å². The molecule has 0 radical (unpaired) electrons. The zero-order valence-corrected chi connectivity index (χ0v) is 20.1. The molecule has 0 aliphatic heterocycles. The molecular weight excluding hydrogens is 440 g/mol. The number of benzene rings is 2. The van der Waals surface area contributed by atoms with Gasteiger partial charge in [-0.25, -0.2) is 4.99 Å². The zero-order chi connectivity index (χ0) is 22.9. The van der Waals surface area contributed by atoms with Crippen LogP contribution in [0.5, 0.6) is 5.75 Å². The van der Waals surface area contributed by atoms with Crippen LogP contribution in [0.15, 0.2) is 53.5 Å². The molecule has 0 saturated carbocycles. The summed E-state index contributed by atoms with van der Waals surface area (Å²) >= 11 is 7.59. The van der Waals surface area contributed by atoms with E-state index in [9.17, 15) is 9.90 Å². The molecule has 1 amide bonds. The molecule has 0 unspecified atom stereocenters. The van der Waals surface area contributed by atoms with Crippen molar-refractivity contribution in [3.63, 3.8) is 0 Å². The maximum absolute atomic E-state index is 13.3. The summed E-state index contributed by atoms with van der Waals surface area (Å²) in [5.74, 6) is 0.610. The van der Waals surface area contributed by atoms with Gasteiger partial charge in [-0.3, -0.25) is 4.79 Å². The molecule has 0 bridgehead atoms. The van der Waals surface area contributed by atoms with Gasteiger partial charge in [0, 0.05) is 21.8 Å². The highest BCUT2D eigenvalue weighted by atomic mass is 35.5. The number of aromatic hydroxyl groups is 1. The molecule has 2 N–H and O–H groups in total. The van der Waals surface area contributed by atoms with Crippen molar-refractivity contribution in [2.45, 2.75) is 40.0 Å². The number of nitrogens with zero attached hydrogens (tertiary/aromatic N) is 1. The van der Waals surface area contributed by atoms with E-state index >= 15 is 0 Å². The first-order valence-electron chi connectivity index (χ1n) is 10.8. The molecule has 0 spiro atoms. The van der Waals surface area contributed by atoms with Crippen molar-refractivity contribution in [1.29, 1.82) is 0 Å². The zero-order valence-electron chi connectivity index (χ0n) is 18.5. The number of carbonyl (C=O) groups is 1. The van der Waals surface area contributed by atoms with Gasteiger partial charge in [0.25, 0.3) is 5.91 Å². The number of amides is 1. The third-order valence-corrected chi connectivity index (χ3v) is 7.42. The van der Waals surface area contributed by atoms with E-state index in [1.54, 1.807) is 60.0 Å². The van der Waals surface area contributed by atoms with Crippen molar-refractivity contribution in [2.75, 3.05) is 5.32 Å². The molecule has 6 heteroatoms. The number of rotatable bonds is 4. The van der Waals surface area contributed by atoms with Crippen molar-refractivity contribution in [2.24, 2.45) is 16.3 Å². The standard InChI is InChI=1S/C26H27ClN2O2S/c1-26(2,3)17-7-12-21-22(14-17)32-25(28-15-16-5-4-6-20(30)13-16)23(21)24(31)29-19-10-8-18(27)9-11-19/h4-6,8-11,13,15,17,30H,7,12,14H2,1-3H3,(H,29,31)/t17-/m1/s1. The van der Waals surface area contributed by atoms with Crippen molar-refractivity contribution < 1.29 is 9.90 Å². The molecular formula is C26H27ClN2O2S. The number of anilines is 1. The van der Waals surface area contributed by atoms with Crippen molar-refractivity contribution in [1.82, 2.24) is 0 Å². The maximum atomic E-state index is 13.3. The molecule has 4 nitrogen and oxygen atoms in total. The normalized spacial score (nSPS) is 16.2. The molecule has 3 aromatic rings. The van der Waals surface area contributed by atoms with Crippen molar-refractivity contribution in [3.05, 3.63) is 75.1 Å². The van der Waals surface area contributed by atoms with Gasteiger partial charge in [-0.05, 0) is 78.1 Å². The summed E-state index contributed by atoms with van der Waals surface area (Å²) < 4.78 is 0. The lowest BCUT2D eigenvalue weighted by Crippen LogP contribution is -2.27. The quantitative estimate of drug-likeness (QED) is 0.397. The fourth-order valence-electron chi connectivity index (χ4n) is 4.10. The second kappa shape index (κ2) is 9.08. The monoisotopic (exact) mass is 466 g/mol. The second-order valence-corrected chi connectivity index (χ2v) is 10.8. The molecule has 166 valence electrons. The SMILES string of the molecule is CC(C)(C)[C@@H]1CCc2c(sc(N=Cc3cccc(O)c3)c2C(=O)Nc2ccc(Cl)cc2)C1. The number of fused-ring (bicyclic) bond motifs is 1. The van der Waals surface area contributed by atoms with Gasteiger partial charge in [0.15, 0.2) is 0 Å². The average Bonchev–Trinajstić information content (AvgIpc) is 3.11. The van der Waals surface area contributed by atoms with Gasteiger partial charge in [-0.15, -0.1) is 11.3 Å². The molecule has 1 heterocycles. The lowest BCUT2D eigenvalue weighted by Gasteiger charge is -2.33. The Labute approximate surface area is 198 Å². The maximum Gasteiger partial charge on any atom is 0.259 e. The van der Waals surface area contributed by atoms with Gasteiger partial charge < -0.3 is 10.4 Å². The predicted molar refractivity (Wildman–Crippen MR) is 134 cm³/mol. The van der Waals surface area contributed by atoms with Crippen LogP contribution >= 0.6 is 22.9 Å². The lowest BCUT2D eigenvalue weighted by atomic mass is 9.72. The Bertz CT molecular complexity index is 1160. The summed E-state index contributed by atoms with van der Waals surface area (Å²) in [6, 6.07) is 14.0. The van der Waals surface area contributed by atoms with Crippen LogP contribution in [-0.2, 0) is 12.8 Å². The fourth-order valence-corrected chi connectivity index (χ4v) is 5.50. The highest BCUT2D eigenvalue weighted by Gasteiger charge is 2.33. The Hall–Kier alpha value is -2.63. The lowest BCUT2D eigenvalue weighted by molar-refractivity contribution is 0.102. The number of phenols is 1. The molecule has 1 aliphatic carbocycles. The Morgan fingerprint density at radius 3 is 2.66 bits per heavy atom. The van der Waals surface area contributed by atoms with E-state index < -0.39 is 0 Å². The minimum absolute atomic E-state index is 0.151. The van der Waals surface area contributed by atoms with Crippen LogP contribution in [0.4, 0.5) is 10.7 Å². The van der Waals surface area contributed by atoms with Crippen LogP contribution in [-0.4, -0.2) is 17.2 Å². The third-order valence-electron chi connectivity index (χ3n) is 6.00. The highest BCUT2D eigenvalue weighted by Crippen LogP contribution is 2.45. The van der Waals surface area contributed by atoms with Crippen LogP contribution in [0.25, 0.3) is 0 Å². The Balaban J connectivity index is 1.70. The third kappa shape index (κ3) is 5.05. The Morgan fingerprint density at radius 1 is 1.22 bits per heavy atom. The predicted octanol–water partition coefficient (Wildman–Crippen LogP) is 7.26. The van der Waals surface area contributed by atoms with Crippen molar-refractivity contribution >= 4 is 45.7 Å².